The zero-order chi connectivity index (χ0) is 27.1. The molecular formula is C29H35Cl3N4O. The van der Waals surface area contributed by atoms with Gasteiger partial charge >= 0.3 is 0 Å². The number of halogens is 3. The molecule has 3 rings (SSSR count). The highest BCUT2D eigenvalue weighted by molar-refractivity contribution is 6.35. The monoisotopic (exact) mass is 560 g/mol. The maximum absolute atomic E-state index is 13.4. The summed E-state index contributed by atoms with van der Waals surface area (Å²) in [6, 6.07) is 13.1. The smallest absolute Gasteiger partial charge is 0.272 e. The molecule has 0 bridgehead atoms. The second kappa shape index (κ2) is 13.5. The average molecular weight is 562 g/mol. The zero-order valence-electron chi connectivity index (χ0n) is 21.8. The van der Waals surface area contributed by atoms with Crippen LogP contribution in [0.3, 0.4) is 0 Å². The molecule has 0 fully saturated rings. The largest absolute Gasteiger partial charge is 0.349 e. The number of allylic oxidation sites excluding steroid dienone is 1. The van der Waals surface area contributed by atoms with Crippen molar-refractivity contribution in [3.8, 4) is 16.9 Å². The Hall–Kier alpha value is -2.31. The van der Waals surface area contributed by atoms with Crippen molar-refractivity contribution < 1.29 is 4.79 Å². The number of carbonyl (C=O) groups excluding carboxylic acids is 1. The molecule has 0 radical (unpaired) electrons. The van der Waals surface area contributed by atoms with Gasteiger partial charge in [0.25, 0.3) is 5.91 Å². The minimum Gasteiger partial charge on any atom is -0.349 e. The minimum atomic E-state index is -0.227. The fourth-order valence-corrected chi connectivity index (χ4v) is 5.14. The molecular weight excluding hydrogens is 527 g/mol. The lowest BCUT2D eigenvalue weighted by molar-refractivity contribution is 0.0946. The van der Waals surface area contributed by atoms with Crippen molar-refractivity contribution in [2.75, 3.05) is 13.1 Å². The molecule has 0 saturated heterocycles. The van der Waals surface area contributed by atoms with Crippen LogP contribution in [-0.2, 0) is 0 Å². The van der Waals surface area contributed by atoms with E-state index in [1.54, 1.807) is 16.8 Å². The average Bonchev–Trinajstić information content (AvgIpc) is 3.26. The van der Waals surface area contributed by atoms with Crippen LogP contribution in [0, 0.1) is 5.92 Å². The molecule has 2 N–H and O–H groups in total. The van der Waals surface area contributed by atoms with E-state index in [-0.39, 0.29) is 11.8 Å². The summed E-state index contributed by atoms with van der Waals surface area (Å²) in [6.07, 6.45) is 4.00. The van der Waals surface area contributed by atoms with E-state index in [9.17, 15) is 4.79 Å². The molecule has 2 aromatic carbocycles. The van der Waals surface area contributed by atoms with E-state index in [4.69, 9.17) is 39.9 Å². The Morgan fingerprint density at radius 3 is 2.32 bits per heavy atom. The Morgan fingerprint density at radius 2 is 1.73 bits per heavy atom. The Bertz CT molecular complexity index is 1220. The molecule has 0 aliphatic rings. The number of amides is 1. The molecule has 1 heterocycles. The quantitative estimate of drug-likeness (QED) is 0.174. The Kier molecular flexibility index (Phi) is 10.7. The second-order valence-corrected chi connectivity index (χ2v) is 10.8. The van der Waals surface area contributed by atoms with Gasteiger partial charge in [-0.25, -0.2) is 4.68 Å². The molecule has 8 heteroatoms. The molecule has 1 aromatic heterocycles. The third-order valence-corrected chi connectivity index (χ3v) is 7.34. The predicted molar refractivity (Wildman–Crippen MR) is 157 cm³/mol. The lowest BCUT2D eigenvalue weighted by Crippen LogP contribution is -2.39. The number of carbonyl (C=O) groups is 1. The van der Waals surface area contributed by atoms with Crippen molar-refractivity contribution in [2.24, 2.45) is 5.92 Å². The van der Waals surface area contributed by atoms with E-state index >= 15 is 0 Å². The summed E-state index contributed by atoms with van der Waals surface area (Å²) in [5.74, 6) is 0.312. The van der Waals surface area contributed by atoms with E-state index in [2.05, 4.69) is 44.9 Å². The van der Waals surface area contributed by atoms with E-state index in [1.165, 1.54) is 0 Å². The van der Waals surface area contributed by atoms with Crippen LogP contribution < -0.4 is 10.6 Å². The molecule has 5 nitrogen and oxygen atoms in total. The van der Waals surface area contributed by atoms with Crippen LogP contribution in [0.5, 0.6) is 0 Å². The molecule has 198 valence electrons. The van der Waals surface area contributed by atoms with Gasteiger partial charge in [-0.1, -0.05) is 80.2 Å². The fraction of sp³-hybridized carbons (Fsp3) is 0.379. The van der Waals surface area contributed by atoms with Crippen molar-refractivity contribution in [3.05, 3.63) is 81.4 Å². The van der Waals surface area contributed by atoms with Crippen molar-refractivity contribution in [2.45, 2.75) is 52.5 Å². The van der Waals surface area contributed by atoms with Crippen LogP contribution in [0.4, 0.5) is 0 Å². The molecule has 0 spiro atoms. The van der Waals surface area contributed by atoms with Gasteiger partial charge in [-0.2, -0.15) is 5.10 Å². The standard InChI is InChI=1S/C29H35Cl3N4O/c1-6-8-20(7-2)19(5)33-15-16-34-29(37)27-26(18(3)4)28(21-9-11-22(30)12-10-21)36(35-27)25-14-13-23(31)17-24(25)32/h6,9-14,17-20,33H,1,7-8,15-16H2,2-5H3,(H,34,37). The molecule has 0 aliphatic heterocycles. The molecule has 1 amide bonds. The van der Waals surface area contributed by atoms with Gasteiger partial charge in [-0.3, -0.25) is 4.79 Å². The van der Waals surface area contributed by atoms with Crippen LogP contribution in [-0.4, -0.2) is 34.8 Å². The first kappa shape index (κ1) is 29.2. The molecule has 0 saturated carbocycles. The van der Waals surface area contributed by atoms with Crippen molar-refractivity contribution in [1.29, 1.82) is 0 Å². The van der Waals surface area contributed by atoms with Gasteiger partial charge in [0.2, 0.25) is 0 Å². The summed E-state index contributed by atoms with van der Waals surface area (Å²) in [4.78, 5) is 13.4. The molecule has 3 aromatic rings. The van der Waals surface area contributed by atoms with Crippen LogP contribution in [0.1, 0.15) is 62.5 Å². The second-order valence-electron chi connectivity index (χ2n) is 9.47. The first-order valence-electron chi connectivity index (χ1n) is 12.6. The van der Waals surface area contributed by atoms with Crippen LogP contribution in [0.2, 0.25) is 15.1 Å². The highest BCUT2D eigenvalue weighted by Crippen LogP contribution is 2.37. The van der Waals surface area contributed by atoms with Crippen molar-refractivity contribution >= 4 is 40.7 Å². The van der Waals surface area contributed by atoms with Crippen molar-refractivity contribution in [1.82, 2.24) is 20.4 Å². The number of nitrogens with zero attached hydrogens (tertiary/aromatic N) is 2. The van der Waals surface area contributed by atoms with E-state index in [1.807, 2.05) is 36.4 Å². The highest BCUT2D eigenvalue weighted by atomic mass is 35.5. The first-order chi connectivity index (χ1) is 17.7. The van der Waals surface area contributed by atoms with E-state index < -0.39 is 0 Å². The van der Waals surface area contributed by atoms with Gasteiger partial charge in [0, 0.05) is 40.3 Å². The van der Waals surface area contributed by atoms with Crippen LogP contribution in [0.15, 0.2) is 55.1 Å². The fourth-order valence-electron chi connectivity index (χ4n) is 4.52. The summed E-state index contributed by atoms with van der Waals surface area (Å²) >= 11 is 18.9. The van der Waals surface area contributed by atoms with Gasteiger partial charge in [0.05, 0.1) is 16.4 Å². The summed E-state index contributed by atoms with van der Waals surface area (Å²) in [7, 11) is 0. The predicted octanol–water partition coefficient (Wildman–Crippen LogP) is 7.93. The lowest BCUT2D eigenvalue weighted by atomic mass is 9.95. The highest BCUT2D eigenvalue weighted by Gasteiger charge is 2.27. The Balaban J connectivity index is 1.94. The first-order valence-corrected chi connectivity index (χ1v) is 13.8. The summed E-state index contributed by atoms with van der Waals surface area (Å²) in [5, 5.41) is 12.9. The van der Waals surface area contributed by atoms with Gasteiger partial charge in [0.1, 0.15) is 0 Å². The minimum absolute atomic E-state index is 0.0219. The number of rotatable bonds is 12. The third kappa shape index (κ3) is 7.17. The van der Waals surface area contributed by atoms with E-state index in [0.29, 0.717) is 51.5 Å². The molecule has 0 aliphatic carbocycles. The SMILES string of the molecule is C=CCC(CC)C(C)NCCNC(=O)c1nn(-c2ccc(Cl)cc2Cl)c(-c2ccc(Cl)cc2)c1C(C)C. The molecule has 37 heavy (non-hydrogen) atoms. The summed E-state index contributed by atoms with van der Waals surface area (Å²) in [6.45, 7) is 13.5. The van der Waals surface area contributed by atoms with Crippen LogP contribution >= 0.6 is 34.8 Å². The summed E-state index contributed by atoms with van der Waals surface area (Å²) < 4.78 is 1.73. The number of aromatic nitrogens is 2. The number of nitrogens with one attached hydrogen (secondary N) is 2. The topological polar surface area (TPSA) is 58.9 Å². The Labute approximate surface area is 235 Å². The van der Waals surface area contributed by atoms with Gasteiger partial charge < -0.3 is 10.6 Å². The summed E-state index contributed by atoms with van der Waals surface area (Å²) in [5.41, 5.74) is 3.53. The zero-order valence-corrected chi connectivity index (χ0v) is 24.1. The third-order valence-electron chi connectivity index (χ3n) is 6.55. The van der Waals surface area contributed by atoms with E-state index in [0.717, 1.165) is 29.7 Å². The normalized spacial score (nSPS) is 13.0. The van der Waals surface area contributed by atoms with Gasteiger partial charge in [-0.05, 0) is 55.5 Å². The Morgan fingerprint density at radius 1 is 1.05 bits per heavy atom. The molecule has 2 unspecified atom stereocenters. The number of hydrogen-bond acceptors (Lipinski definition) is 3. The molecule has 2 atom stereocenters. The van der Waals surface area contributed by atoms with Crippen molar-refractivity contribution in [3.63, 3.8) is 0 Å². The van der Waals surface area contributed by atoms with Gasteiger partial charge in [0.15, 0.2) is 5.69 Å². The van der Waals surface area contributed by atoms with Gasteiger partial charge in [-0.15, -0.1) is 6.58 Å². The number of benzene rings is 2. The lowest BCUT2D eigenvalue weighted by Gasteiger charge is -2.22. The maximum Gasteiger partial charge on any atom is 0.272 e. The van der Waals surface area contributed by atoms with Crippen LogP contribution in [0.25, 0.3) is 16.9 Å². The maximum atomic E-state index is 13.4. The number of hydrogen-bond donors (Lipinski definition) is 2.